The van der Waals surface area contributed by atoms with E-state index in [-0.39, 0.29) is 11.7 Å². The van der Waals surface area contributed by atoms with Crippen molar-refractivity contribution in [3.05, 3.63) is 72.0 Å². The second-order valence-corrected chi connectivity index (χ2v) is 4.75. The Morgan fingerprint density at radius 3 is 2.24 bits per heavy atom. The van der Waals surface area contributed by atoms with Gasteiger partial charge in [0.2, 0.25) is 0 Å². The van der Waals surface area contributed by atoms with Crippen LogP contribution in [0.5, 0.6) is 0 Å². The highest BCUT2D eigenvalue weighted by molar-refractivity contribution is 6.10. The minimum absolute atomic E-state index is 0.315. The summed E-state index contributed by atoms with van der Waals surface area (Å²) >= 11 is 0. The van der Waals surface area contributed by atoms with Crippen molar-refractivity contribution in [3.8, 4) is 0 Å². The van der Waals surface area contributed by atoms with E-state index in [9.17, 15) is 9.18 Å². The molecular formula is C17H13FN2O. The van der Waals surface area contributed by atoms with E-state index in [0.29, 0.717) is 16.9 Å². The lowest BCUT2D eigenvalue weighted by Crippen LogP contribution is -2.14. The van der Waals surface area contributed by atoms with E-state index < -0.39 is 0 Å². The fourth-order valence-corrected chi connectivity index (χ4v) is 2.19. The molecule has 1 amide bonds. The Morgan fingerprint density at radius 1 is 0.952 bits per heavy atom. The smallest absolute Gasteiger partial charge is 0.257 e. The molecule has 3 aromatic rings. The lowest BCUT2D eigenvalue weighted by atomic mass is 10.0. The molecule has 0 bridgehead atoms. The second-order valence-electron chi connectivity index (χ2n) is 4.75. The van der Waals surface area contributed by atoms with Crippen LogP contribution in [0.1, 0.15) is 10.4 Å². The van der Waals surface area contributed by atoms with Gasteiger partial charge in [-0.3, -0.25) is 4.79 Å². The number of benzene rings is 3. The number of nitrogen functional groups attached to an aromatic ring is 1. The van der Waals surface area contributed by atoms with Gasteiger partial charge < -0.3 is 11.1 Å². The van der Waals surface area contributed by atoms with Crippen molar-refractivity contribution in [2.24, 2.45) is 0 Å². The summed E-state index contributed by atoms with van der Waals surface area (Å²) in [5, 5.41) is 4.63. The van der Waals surface area contributed by atoms with E-state index >= 15 is 0 Å². The summed E-state index contributed by atoms with van der Waals surface area (Å²) in [4.78, 5) is 12.3. The highest BCUT2D eigenvalue weighted by atomic mass is 19.1. The van der Waals surface area contributed by atoms with E-state index in [1.165, 1.54) is 24.3 Å². The molecule has 3 rings (SSSR count). The van der Waals surface area contributed by atoms with E-state index in [1.807, 2.05) is 24.3 Å². The van der Waals surface area contributed by atoms with Crippen LogP contribution in [0.2, 0.25) is 0 Å². The van der Waals surface area contributed by atoms with E-state index in [4.69, 9.17) is 5.73 Å². The third-order valence-corrected chi connectivity index (χ3v) is 3.26. The number of carbonyl (C=O) groups excluding carboxylic acids is 1. The first-order valence-corrected chi connectivity index (χ1v) is 6.49. The Labute approximate surface area is 121 Å². The number of anilines is 2. The number of hydrogen-bond acceptors (Lipinski definition) is 2. The monoisotopic (exact) mass is 280 g/mol. The zero-order valence-corrected chi connectivity index (χ0v) is 11.1. The maximum atomic E-state index is 12.9. The van der Waals surface area contributed by atoms with Gasteiger partial charge in [0, 0.05) is 11.4 Å². The minimum atomic E-state index is -0.349. The van der Waals surface area contributed by atoms with Crippen molar-refractivity contribution < 1.29 is 9.18 Å². The van der Waals surface area contributed by atoms with Gasteiger partial charge in [-0.25, -0.2) is 4.39 Å². The zero-order valence-electron chi connectivity index (χ0n) is 11.1. The zero-order chi connectivity index (χ0) is 14.8. The van der Waals surface area contributed by atoms with Crippen molar-refractivity contribution in [2.75, 3.05) is 11.1 Å². The number of rotatable bonds is 2. The van der Waals surface area contributed by atoms with Gasteiger partial charge in [-0.05, 0) is 47.2 Å². The van der Waals surface area contributed by atoms with Gasteiger partial charge in [0.15, 0.2) is 0 Å². The summed E-state index contributed by atoms with van der Waals surface area (Å²) in [6, 6.07) is 16.8. The number of carbonyl (C=O) groups is 1. The molecule has 21 heavy (non-hydrogen) atoms. The normalized spacial score (nSPS) is 10.5. The van der Waals surface area contributed by atoms with E-state index in [1.54, 1.807) is 12.1 Å². The van der Waals surface area contributed by atoms with Crippen molar-refractivity contribution in [1.82, 2.24) is 0 Å². The number of amides is 1. The predicted octanol–water partition coefficient (Wildman–Crippen LogP) is 3.81. The molecule has 0 heterocycles. The summed E-state index contributed by atoms with van der Waals surface area (Å²) < 4.78 is 12.9. The third kappa shape index (κ3) is 2.69. The Bertz CT molecular complexity index is 813. The molecular weight excluding hydrogens is 267 g/mol. The number of nitrogens with one attached hydrogen (secondary N) is 1. The van der Waals surface area contributed by atoms with Crippen molar-refractivity contribution in [1.29, 1.82) is 0 Å². The largest absolute Gasteiger partial charge is 0.398 e. The van der Waals surface area contributed by atoms with Gasteiger partial charge >= 0.3 is 0 Å². The minimum Gasteiger partial charge on any atom is -0.398 e. The van der Waals surface area contributed by atoms with Crippen LogP contribution in [0.25, 0.3) is 10.8 Å². The maximum Gasteiger partial charge on any atom is 0.257 e. The van der Waals surface area contributed by atoms with Gasteiger partial charge in [-0.2, -0.15) is 0 Å². The first kappa shape index (κ1) is 13.1. The second kappa shape index (κ2) is 5.25. The Hall–Kier alpha value is -2.88. The maximum absolute atomic E-state index is 12.9. The molecule has 0 fully saturated rings. The average molecular weight is 280 g/mol. The summed E-state index contributed by atoms with van der Waals surface area (Å²) in [5.74, 6) is -0.664. The van der Waals surface area contributed by atoms with Crippen LogP contribution in [0, 0.1) is 5.82 Å². The molecule has 0 aromatic heterocycles. The Kier molecular flexibility index (Phi) is 3.28. The molecule has 0 saturated heterocycles. The summed E-state index contributed by atoms with van der Waals surface area (Å²) in [7, 11) is 0. The van der Waals surface area contributed by atoms with Gasteiger partial charge in [0.25, 0.3) is 5.91 Å². The predicted molar refractivity (Wildman–Crippen MR) is 82.7 cm³/mol. The fourth-order valence-electron chi connectivity index (χ4n) is 2.19. The number of fused-ring (bicyclic) bond motifs is 1. The van der Waals surface area contributed by atoms with Crippen LogP contribution in [0.4, 0.5) is 15.8 Å². The topological polar surface area (TPSA) is 55.1 Å². The van der Waals surface area contributed by atoms with Gasteiger partial charge in [0.1, 0.15) is 5.82 Å². The van der Waals surface area contributed by atoms with Crippen LogP contribution in [0.3, 0.4) is 0 Å². The lowest BCUT2D eigenvalue weighted by molar-refractivity contribution is 0.102. The molecule has 4 heteroatoms. The number of hydrogen-bond donors (Lipinski definition) is 2. The van der Waals surface area contributed by atoms with Gasteiger partial charge in [-0.15, -0.1) is 0 Å². The number of halogens is 1. The fraction of sp³-hybridized carbons (Fsp3) is 0. The van der Waals surface area contributed by atoms with Crippen molar-refractivity contribution >= 4 is 28.1 Å². The Morgan fingerprint density at radius 2 is 1.57 bits per heavy atom. The highest BCUT2D eigenvalue weighted by Gasteiger charge is 2.11. The molecule has 0 aliphatic carbocycles. The molecule has 0 spiro atoms. The third-order valence-electron chi connectivity index (χ3n) is 3.26. The van der Waals surface area contributed by atoms with Crippen LogP contribution in [0.15, 0.2) is 60.7 Å². The molecule has 0 aliphatic heterocycles. The highest BCUT2D eigenvalue weighted by Crippen LogP contribution is 2.23. The SMILES string of the molecule is Nc1cc2ccccc2cc1C(=O)Nc1ccc(F)cc1. The van der Waals surface area contributed by atoms with Crippen LogP contribution >= 0.6 is 0 Å². The van der Waals surface area contributed by atoms with E-state index in [0.717, 1.165) is 10.8 Å². The standard InChI is InChI=1S/C17H13FN2O/c18-13-5-7-14(8-6-13)20-17(21)15-9-11-3-1-2-4-12(11)10-16(15)19/h1-10H,19H2,(H,20,21). The van der Waals surface area contributed by atoms with Gasteiger partial charge in [0.05, 0.1) is 5.56 Å². The van der Waals surface area contributed by atoms with Crippen LogP contribution in [-0.4, -0.2) is 5.91 Å². The molecule has 0 unspecified atom stereocenters. The molecule has 0 radical (unpaired) electrons. The first-order chi connectivity index (χ1) is 10.1. The first-order valence-electron chi connectivity index (χ1n) is 6.49. The van der Waals surface area contributed by atoms with Crippen LogP contribution < -0.4 is 11.1 Å². The van der Waals surface area contributed by atoms with Crippen molar-refractivity contribution in [2.45, 2.75) is 0 Å². The molecule has 0 saturated carbocycles. The molecule has 3 aromatic carbocycles. The summed E-state index contributed by atoms with van der Waals surface area (Å²) in [5.41, 5.74) is 7.28. The quantitative estimate of drug-likeness (QED) is 0.701. The van der Waals surface area contributed by atoms with E-state index in [2.05, 4.69) is 5.32 Å². The lowest BCUT2D eigenvalue weighted by Gasteiger charge is -2.09. The Balaban J connectivity index is 1.93. The summed E-state index contributed by atoms with van der Waals surface area (Å²) in [6.07, 6.45) is 0. The van der Waals surface area contributed by atoms with Gasteiger partial charge in [-0.1, -0.05) is 24.3 Å². The average Bonchev–Trinajstić information content (AvgIpc) is 2.49. The summed E-state index contributed by atoms with van der Waals surface area (Å²) in [6.45, 7) is 0. The molecule has 3 N–H and O–H groups in total. The number of nitrogens with two attached hydrogens (primary N) is 1. The van der Waals surface area contributed by atoms with Crippen LogP contribution in [-0.2, 0) is 0 Å². The molecule has 3 nitrogen and oxygen atoms in total. The molecule has 0 atom stereocenters. The molecule has 104 valence electrons. The molecule has 0 aliphatic rings. The van der Waals surface area contributed by atoms with Crippen molar-refractivity contribution in [3.63, 3.8) is 0 Å².